The zero-order valence-corrected chi connectivity index (χ0v) is 12.4. The van der Waals surface area contributed by atoms with Crippen molar-refractivity contribution in [3.63, 3.8) is 0 Å². The van der Waals surface area contributed by atoms with Crippen LogP contribution in [0.5, 0.6) is 0 Å². The summed E-state index contributed by atoms with van der Waals surface area (Å²) in [6.07, 6.45) is 5.03. The van der Waals surface area contributed by atoms with E-state index >= 15 is 0 Å². The average molecular weight is 278 g/mol. The maximum absolute atomic E-state index is 12.4. The number of rotatable bonds is 3. The molecule has 2 bridgehead atoms. The Balaban J connectivity index is 1.93. The van der Waals surface area contributed by atoms with Gasteiger partial charge >= 0.3 is 11.4 Å². The number of aromatic nitrogens is 3. The summed E-state index contributed by atoms with van der Waals surface area (Å²) in [5, 5.41) is 0. The van der Waals surface area contributed by atoms with Gasteiger partial charge < -0.3 is 4.90 Å². The van der Waals surface area contributed by atoms with Gasteiger partial charge in [0, 0.05) is 27.7 Å². The first-order chi connectivity index (χ1) is 9.47. The van der Waals surface area contributed by atoms with Crippen LogP contribution < -0.4 is 16.3 Å². The molecule has 110 valence electrons. The standard InChI is InChI=1S/C14H22N4O2/c1-16(2)12-15-13(19)18(14(20)17(12)3)8-11-7-9-4-5-10(11)6-9/h9-11H,4-8H2,1-3H3. The van der Waals surface area contributed by atoms with Crippen molar-refractivity contribution in [2.75, 3.05) is 19.0 Å². The topological polar surface area (TPSA) is 60.1 Å². The number of fused-ring (bicyclic) bond motifs is 2. The summed E-state index contributed by atoms with van der Waals surface area (Å²) in [7, 11) is 5.23. The third-order valence-corrected chi connectivity index (χ3v) is 4.95. The lowest BCUT2D eigenvalue weighted by Gasteiger charge is -2.22. The van der Waals surface area contributed by atoms with Gasteiger partial charge in [-0.15, -0.1) is 0 Å². The summed E-state index contributed by atoms with van der Waals surface area (Å²) < 4.78 is 2.77. The molecule has 1 aromatic rings. The normalized spacial score (nSPS) is 28.1. The smallest absolute Gasteiger partial charge is 0.348 e. The molecule has 2 aliphatic carbocycles. The molecule has 1 aromatic heterocycles. The highest BCUT2D eigenvalue weighted by molar-refractivity contribution is 5.25. The number of hydrogen-bond donors (Lipinski definition) is 0. The third kappa shape index (κ3) is 2.07. The van der Waals surface area contributed by atoms with Crippen LogP contribution in [0.4, 0.5) is 5.95 Å². The molecule has 6 nitrogen and oxygen atoms in total. The second kappa shape index (κ2) is 4.75. The molecular weight excluding hydrogens is 256 g/mol. The van der Waals surface area contributed by atoms with Crippen LogP contribution in [0.2, 0.25) is 0 Å². The number of anilines is 1. The number of nitrogens with zero attached hydrogens (tertiary/aromatic N) is 4. The van der Waals surface area contributed by atoms with E-state index in [-0.39, 0.29) is 5.69 Å². The van der Waals surface area contributed by atoms with E-state index in [2.05, 4.69) is 4.98 Å². The van der Waals surface area contributed by atoms with Crippen molar-refractivity contribution in [2.24, 2.45) is 24.8 Å². The number of hydrogen-bond acceptors (Lipinski definition) is 4. The zero-order chi connectivity index (χ0) is 14.4. The highest BCUT2D eigenvalue weighted by Gasteiger charge is 2.39. The Labute approximate surface area is 118 Å². The maximum Gasteiger partial charge on any atom is 0.354 e. The molecule has 2 aliphatic rings. The second-order valence-electron chi connectivity index (χ2n) is 6.48. The van der Waals surface area contributed by atoms with Crippen molar-refractivity contribution < 1.29 is 0 Å². The first kappa shape index (κ1) is 13.4. The fourth-order valence-corrected chi connectivity index (χ4v) is 3.96. The fraction of sp³-hybridized carbons (Fsp3) is 0.786. The van der Waals surface area contributed by atoms with E-state index in [4.69, 9.17) is 0 Å². The molecule has 3 rings (SSSR count). The summed E-state index contributed by atoms with van der Waals surface area (Å²) in [4.78, 5) is 30.2. The van der Waals surface area contributed by atoms with Crippen molar-refractivity contribution >= 4 is 5.95 Å². The molecule has 2 saturated carbocycles. The van der Waals surface area contributed by atoms with Crippen molar-refractivity contribution in [3.8, 4) is 0 Å². The molecule has 0 saturated heterocycles. The van der Waals surface area contributed by atoms with Crippen molar-refractivity contribution in [3.05, 3.63) is 21.0 Å². The lowest BCUT2D eigenvalue weighted by atomic mass is 9.89. The summed E-state index contributed by atoms with van der Waals surface area (Å²) in [6.45, 7) is 0.535. The Morgan fingerprint density at radius 2 is 2.00 bits per heavy atom. The van der Waals surface area contributed by atoms with Gasteiger partial charge in [0.1, 0.15) is 0 Å². The van der Waals surface area contributed by atoms with Crippen molar-refractivity contribution in [1.29, 1.82) is 0 Å². The van der Waals surface area contributed by atoms with E-state index in [1.807, 2.05) is 0 Å². The van der Waals surface area contributed by atoms with E-state index in [0.29, 0.717) is 24.3 Å². The zero-order valence-electron chi connectivity index (χ0n) is 12.4. The molecule has 3 unspecified atom stereocenters. The lowest BCUT2D eigenvalue weighted by molar-refractivity contribution is 0.285. The van der Waals surface area contributed by atoms with Crippen LogP contribution in [0, 0.1) is 17.8 Å². The second-order valence-corrected chi connectivity index (χ2v) is 6.48. The molecule has 1 heterocycles. The first-order valence-corrected chi connectivity index (χ1v) is 7.32. The summed E-state index contributed by atoms with van der Waals surface area (Å²) in [5.74, 6) is 2.40. The Kier molecular flexibility index (Phi) is 3.18. The van der Waals surface area contributed by atoms with E-state index < -0.39 is 5.69 Å². The largest absolute Gasteiger partial charge is 0.354 e. The monoisotopic (exact) mass is 278 g/mol. The maximum atomic E-state index is 12.4. The molecule has 0 aliphatic heterocycles. The summed E-state index contributed by atoms with van der Waals surface area (Å²) >= 11 is 0. The van der Waals surface area contributed by atoms with E-state index in [1.54, 1.807) is 26.0 Å². The minimum Gasteiger partial charge on any atom is -0.348 e. The average Bonchev–Trinajstić information content (AvgIpc) is 3.00. The third-order valence-electron chi connectivity index (χ3n) is 4.95. The van der Waals surface area contributed by atoms with Crippen LogP contribution >= 0.6 is 0 Å². The van der Waals surface area contributed by atoms with Gasteiger partial charge in [-0.25, -0.2) is 14.2 Å². The molecule has 0 N–H and O–H groups in total. The molecule has 6 heteroatoms. The molecular formula is C14H22N4O2. The van der Waals surface area contributed by atoms with E-state index in [0.717, 1.165) is 12.3 Å². The van der Waals surface area contributed by atoms with Crippen LogP contribution in [0.25, 0.3) is 0 Å². The summed E-state index contributed by atoms with van der Waals surface area (Å²) in [6, 6.07) is 0. The molecule has 20 heavy (non-hydrogen) atoms. The van der Waals surface area contributed by atoms with Crippen LogP contribution in [-0.2, 0) is 13.6 Å². The van der Waals surface area contributed by atoms with Crippen molar-refractivity contribution in [2.45, 2.75) is 32.2 Å². The van der Waals surface area contributed by atoms with Gasteiger partial charge in [0.15, 0.2) is 0 Å². The van der Waals surface area contributed by atoms with Gasteiger partial charge in [-0.3, -0.25) is 4.57 Å². The highest BCUT2D eigenvalue weighted by Crippen LogP contribution is 2.48. The predicted molar refractivity (Wildman–Crippen MR) is 77.0 cm³/mol. The fourth-order valence-electron chi connectivity index (χ4n) is 3.96. The van der Waals surface area contributed by atoms with Crippen LogP contribution in [0.1, 0.15) is 25.7 Å². The molecule has 0 aromatic carbocycles. The first-order valence-electron chi connectivity index (χ1n) is 7.32. The Morgan fingerprint density at radius 1 is 1.25 bits per heavy atom. The van der Waals surface area contributed by atoms with Gasteiger partial charge in [-0.1, -0.05) is 6.42 Å². The van der Waals surface area contributed by atoms with Gasteiger partial charge in [0.05, 0.1) is 0 Å². The van der Waals surface area contributed by atoms with Crippen LogP contribution in [-0.4, -0.2) is 28.2 Å². The quantitative estimate of drug-likeness (QED) is 0.805. The molecule has 0 amide bonds. The Morgan fingerprint density at radius 3 is 2.55 bits per heavy atom. The van der Waals surface area contributed by atoms with Crippen LogP contribution in [0.3, 0.4) is 0 Å². The summed E-state index contributed by atoms with van der Waals surface area (Å²) in [5.41, 5.74) is -0.670. The SMILES string of the molecule is CN(C)c1nc(=O)n(CC2CC3CCC2C3)c(=O)n1C. The highest BCUT2D eigenvalue weighted by atomic mass is 16.2. The minimum atomic E-state index is -0.417. The molecule has 0 radical (unpaired) electrons. The minimum absolute atomic E-state index is 0.253. The molecule has 0 spiro atoms. The Hall–Kier alpha value is -1.59. The van der Waals surface area contributed by atoms with Crippen molar-refractivity contribution in [1.82, 2.24) is 14.1 Å². The van der Waals surface area contributed by atoms with Crippen LogP contribution in [0.15, 0.2) is 9.59 Å². The van der Waals surface area contributed by atoms with Gasteiger partial charge in [-0.2, -0.15) is 4.98 Å². The predicted octanol–water partition coefficient (Wildman–Crippen LogP) is 0.444. The molecule has 3 atom stereocenters. The van der Waals surface area contributed by atoms with Gasteiger partial charge in [0.25, 0.3) is 0 Å². The van der Waals surface area contributed by atoms with E-state index in [1.165, 1.54) is 28.4 Å². The molecule has 2 fully saturated rings. The Bertz CT molecular complexity index is 631. The van der Waals surface area contributed by atoms with E-state index in [9.17, 15) is 9.59 Å². The lowest BCUT2D eigenvalue weighted by Crippen LogP contribution is -2.44. The van der Waals surface area contributed by atoms with Gasteiger partial charge in [0.2, 0.25) is 5.95 Å². The van der Waals surface area contributed by atoms with Gasteiger partial charge in [-0.05, 0) is 37.0 Å².